The predicted octanol–water partition coefficient (Wildman–Crippen LogP) is 2.63. The normalized spacial score (nSPS) is 16.2. The Morgan fingerprint density at radius 3 is 2.18 bits per heavy atom. The number of ketones is 2. The Balaban J connectivity index is 1.54. The van der Waals surface area contributed by atoms with Gasteiger partial charge in [-0.25, -0.2) is 4.98 Å². The predicted molar refractivity (Wildman–Crippen MR) is 181 cm³/mol. The summed E-state index contributed by atoms with van der Waals surface area (Å²) in [6.07, 6.45) is 5.18. The van der Waals surface area contributed by atoms with Crippen molar-refractivity contribution in [3.8, 4) is 0 Å². The molecule has 1 saturated heterocycles. The second kappa shape index (κ2) is 19.7. The zero-order valence-corrected chi connectivity index (χ0v) is 29.7. The second-order valence-electron chi connectivity index (χ2n) is 12.7. The van der Waals surface area contributed by atoms with Crippen molar-refractivity contribution in [1.29, 1.82) is 0 Å². The molecule has 1 fully saturated rings. The first-order valence-electron chi connectivity index (χ1n) is 16.3. The van der Waals surface area contributed by atoms with Gasteiger partial charge >= 0.3 is 22.3 Å². The van der Waals surface area contributed by atoms with Crippen molar-refractivity contribution in [2.24, 2.45) is 11.8 Å². The van der Waals surface area contributed by atoms with Crippen molar-refractivity contribution in [2.75, 3.05) is 32.8 Å². The van der Waals surface area contributed by atoms with E-state index in [1.165, 1.54) is 18.6 Å². The number of benzene rings is 1. The van der Waals surface area contributed by atoms with Gasteiger partial charge in [0.2, 0.25) is 5.91 Å². The number of aromatic nitrogens is 2. The third-order valence-corrected chi connectivity index (χ3v) is 11.8. The van der Waals surface area contributed by atoms with Gasteiger partial charge in [0.25, 0.3) is 0 Å². The molecule has 270 valence electrons. The molecule has 2 atom stereocenters. The van der Waals surface area contributed by atoms with Gasteiger partial charge in [-0.05, 0) is 43.7 Å². The molecule has 2 aromatic rings. The molecule has 18 heteroatoms. The number of nitrogens with zero attached hydrogens (tertiary/aromatic N) is 3. The van der Waals surface area contributed by atoms with Crippen LogP contribution in [-0.2, 0) is 34.4 Å². The van der Waals surface area contributed by atoms with Crippen LogP contribution in [-0.4, -0.2) is 103 Å². The van der Waals surface area contributed by atoms with Crippen LogP contribution in [0.25, 0.3) is 0 Å². The minimum atomic E-state index is -5.15. The van der Waals surface area contributed by atoms with Crippen molar-refractivity contribution >= 4 is 39.8 Å². The highest BCUT2D eigenvalue weighted by molar-refractivity contribution is 7.70. The molecule has 0 bridgehead atoms. The van der Waals surface area contributed by atoms with Crippen LogP contribution in [0, 0.1) is 11.8 Å². The summed E-state index contributed by atoms with van der Waals surface area (Å²) in [5, 5.41) is 0.794. The molecule has 0 unspecified atom stereocenters. The molecule has 2 heterocycles. The number of rotatable bonds is 19. The Morgan fingerprint density at radius 1 is 0.959 bits per heavy atom. The summed E-state index contributed by atoms with van der Waals surface area (Å²) >= 11 is 0. The number of unbranched alkanes of at least 4 members (excludes halogenated alkanes) is 1. The van der Waals surface area contributed by atoms with E-state index >= 15 is 0 Å². The van der Waals surface area contributed by atoms with Gasteiger partial charge in [-0.15, -0.1) is 0 Å². The van der Waals surface area contributed by atoms with Gasteiger partial charge < -0.3 is 34.2 Å². The Hall–Kier alpha value is -2.65. The highest BCUT2D eigenvalue weighted by atomic mass is 31.2. The molecular weight excluding hydrogens is 677 g/mol. The van der Waals surface area contributed by atoms with Crippen LogP contribution in [0.2, 0.25) is 0 Å². The van der Waals surface area contributed by atoms with E-state index < -0.39 is 51.8 Å². The van der Waals surface area contributed by atoms with Crippen LogP contribution in [0.1, 0.15) is 68.4 Å². The van der Waals surface area contributed by atoms with Gasteiger partial charge in [-0.3, -0.25) is 33.4 Å². The quantitative estimate of drug-likeness (QED) is 0.0608. The number of Topliss-reactive ketones (excluding diaryl/α,β-unsaturated/α-hetero) is 2. The number of amides is 1. The topological polar surface area (TPSA) is 226 Å². The van der Waals surface area contributed by atoms with Crippen molar-refractivity contribution in [3.63, 3.8) is 0 Å². The number of nitrogens with one attached hydrogen (secondary N) is 1. The molecular formula is C31H47BN4O11P2. The summed E-state index contributed by atoms with van der Waals surface area (Å²) in [7, 11) is -11.0. The molecule has 1 aromatic heterocycles. The molecule has 15 nitrogen and oxygen atoms in total. The van der Waals surface area contributed by atoms with Crippen LogP contribution in [0.5, 0.6) is 0 Å². The van der Waals surface area contributed by atoms with Gasteiger partial charge in [0.1, 0.15) is 11.5 Å². The maximum Gasteiger partial charge on any atom is 0.480 e. The fourth-order valence-electron chi connectivity index (χ4n) is 5.58. The maximum atomic E-state index is 13.8. The smallest absolute Gasteiger partial charge is 0.408 e. The van der Waals surface area contributed by atoms with E-state index in [0.717, 1.165) is 5.56 Å². The third kappa shape index (κ3) is 14.6. The molecule has 0 saturated carbocycles. The van der Waals surface area contributed by atoms with E-state index in [-0.39, 0.29) is 36.1 Å². The van der Waals surface area contributed by atoms with E-state index in [2.05, 4.69) is 20.2 Å². The minimum absolute atomic E-state index is 0.0469. The summed E-state index contributed by atoms with van der Waals surface area (Å²) in [5.41, 5.74) is 1.12. The van der Waals surface area contributed by atoms with Gasteiger partial charge in [0, 0.05) is 63.9 Å². The molecule has 1 amide bonds. The Labute approximate surface area is 287 Å². The van der Waals surface area contributed by atoms with E-state index in [9.17, 15) is 43.1 Å². The van der Waals surface area contributed by atoms with Crippen LogP contribution in [0.15, 0.2) is 48.9 Å². The van der Waals surface area contributed by atoms with Gasteiger partial charge in [-0.1, -0.05) is 44.2 Å². The highest BCUT2D eigenvalue weighted by Gasteiger charge is 2.44. The lowest BCUT2D eigenvalue weighted by Gasteiger charge is -2.32. The Bertz CT molecular complexity index is 1410. The number of carbonyl (C=O) groups excluding carboxylic acids is 3. The highest BCUT2D eigenvalue weighted by Crippen LogP contribution is 2.61. The van der Waals surface area contributed by atoms with Crippen molar-refractivity contribution < 1.29 is 52.4 Å². The summed E-state index contributed by atoms with van der Waals surface area (Å²) in [5.74, 6) is -2.12. The lowest BCUT2D eigenvalue weighted by molar-refractivity contribution is -0.125. The monoisotopic (exact) mass is 724 g/mol. The summed E-state index contributed by atoms with van der Waals surface area (Å²) < 4.78 is 35.1. The maximum absolute atomic E-state index is 13.8. The Morgan fingerprint density at radius 2 is 1.61 bits per heavy atom. The fourth-order valence-corrected chi connectivity index (χ4v) is 8.03. The summed E-state index contributed by atoms with van der Waals surface area (Å²) in [4.78, 5) is 86.2. The van der Waals surface area contributed by atoms with Crippen molar-refractivity contribution in [3.05, 3.63) is 60.2 Å². The third-order valence-electron chi connectivity index (χ3n) is 8.10. The molecule has 0 radical (unpaired) electrons. The number of hydrogen-bond donors (Lipinski definition) is 5. The minimum Gasteiger partial charge on any atom is -0.408 e. The average Bonchev–Trinajstić information content (AvgIpc) is 3.01. The Kier molecular flexibility index (Phi) is 16.4. The molecule has 0 spiro atoms. The van der Waals surface area contributed by atoms with Gasteiger partial charge in [0.05, 0.1) is 12.1 Å². The van der Waals surface area contributed by atoms with E-state index in [4.69, 9.17) is 9.31 Å². The standard InChI is InChI=1S/C31H47BN4O11P2/c1-23(2)18-29(35-31(39)25(19-24-8-4-3-5-9-24)20-28(38)27-22-33-11-12-34-27)32-46-16-14-36(15-17-47-32)13-7-6-10-26(37)21-30(48(40,41)42)49(43,44)45/h3-5,8-9,11-12,22-23,25,29-30H,6-7,10,13-21H2,1-2H3,(H,35,39)(H2,40,41,42)(H2,43,44,45)/t25-,29-/m0/s1. The molecule has 1 aromatic carbocycles. The summed E-state index contributed by atoms with van der Waals surface area (Å²) in [6.45, 7) is 6.37. The van der Waals surface area contributed by atoms with Crippen LogP contribution in [0.4, 0.5) is 0 Å². The second-order valence-corrected chi connectivity index (χ2v) is 16.7. The lowest BCUT2D eigenvalue weighted by Crippen LogP contribution is -2.54. The van der Waals surface area contributed by atoms with E-state index in [1.54, 1.807) is 0 Å². The molecule has 0 aliphatic carbocycles. The molecule has 3 rings (SSSR count). The van der Waals surface area contributed by atoms with Crippen LogP contribution >= 0.6 is 15.2 Å². The van der Waals surface area contributed by atoms with Gasteiger partial charge in [0.15, 0.2) is 11.2 Å². The van der Waals surface area contributed by atoms with Crippen molar-refractivity contribution in [2.45, 2.75) is 70.1 Å². The molecule has 1 aliphatic rings. The number of hydrogen-bond acceptors (Lipinski definition) is 10. The van der Waals surface area contributed by atoms with Gasteiger partial charge in [-0.2, -0.15) is 0 Å². The largest absolute Gasteiger partial charge is 0.480 e. The van der Waals surface area contributed by atoms with Crippen LogP contribution in [0.3, 0.4) is 0 Å². The first-order valence-corrected chi connectivity index (χ1v) is 19.7. The summed E-state index contributed by atoms with van der Waals surface area (Å²) in [6, 6.07) is 9.49. The zero-order valence-electron chi connectivity index (χ0n) is 27.9. The molecule has 49 heavy (non-hydrogen) atoms. The van der Waals surface area contributed by atoms with E-state index in [0.29, 0.717) is 58.5 Å². The zero-order chi connectivity index (χ0) is 36.0. The average molecular weight is 724 g/mol. The van der Waals surface area contributed by atoms with Crippen molar-refractivity contribution in [1.82, 2.24) is 20.2 Å². The first kappa shape index (κ1) is 40.8. The first-order chi connectivity index (χ1) is 23.1. The van der Waals surface area contributed by atoms with E-state index in [1.807, 2.05) is 44.2 Å². The molecule has 1 aliphatic heterocycles. The SMILES string of the molecule is CC(C)C[C@H](NC(=O)[C@H](CC(=O)c1cnccn1)Cc1ccccc1)B1OCCN(CCCCC(=O)CC(P(=O)(O)O)P(=O)(O)O)CCO1. The van der Waals surface area contributed by atoms with Crippen LogP contribution < -0.4 is 5.32 Å². The number of carbonyl (C=O) groups is 3. The lowest BCUT2D eigenvalue weighted by atomic mass is 9.73. The molecule has 5 N–H and O–H groups in total. The fraction of sp³-hybridized carbons (Fsp3) is 0.581.